The standard InChI is InChI=1S/C13H16O5/c1-4-5-10(16-11(14)8(2)3)13-12(17-13,18-13)6-9-7-15-9/h4,9-10H,1-2,5-7H2,3H3. The zero-order chi connectivity index (χ0) is 13.0. The summed E-state index contributed by atoms with van der Waals surface area (Å²) in [5.41, 5.74) is 0.359. The van der Waals surface area contributed by atoms with E-state index in [-0.39, 0.29) is 6.10 Å². The van der Waals surface area contributed by atoms with Gasteiger partial charge in [0.2, 0.25) is 5.79 Å². The summed E-state index contributed by atoms with van der Waals surface area (Å²) in [4.78, 5) is 11.6. The monoisotopic (exact) mass is 252 g/mol. The molecule has 0 spiro atoms. The lowest BCUT2D eigenvalue weighted by Gasteiger charge is -2.15. The Labute approximate surface area is 105 Å². The Kier molecular flexibility index (Phi) is 2.42. The lowest BCUT2D eigenvalue weighted by molar-refractivity contribution is -0.170. The molecular weight excluding hydrogens is 236 g/mol. The largest absolute Gasteiger partial charge is 0.453 e. The van der Waals surface area contributed by atoms with Gasteiger partial charge in [-0.25, -0.2) is 4.79 Å². The van der Waals surface area contributed by atoms with E-state index >= 15 is 0 Å². The van der Waals surface area contributed by atoms with Crippen LogP contribution in [0.15, 0.2) is 24.8 Å². The molecule has 0 aromatic carbocycles. The van der Waals surface area contributed by atoms with Gasteiger partial charge in [0.1, 0.15) is 0 Å². The summed E-state index contributed by atoms with van der Waals surface area (Å²) in [5.74, 6) is -1.78. The molecule has 18 heavy (non-hydrogen) atoms. The summed E-state index contributed by atoms with van der Waals surface area (Å²) in [6.45, 7) is 9.58. The SMILES string of the molecule is C=CCC(OC(=O)C(=C)C)C12OC1(CC1CO1)O2. The van der Waals surface area contributed by atoms with Crippen LogP contribution in [0.5, 0.6) is 0 Å². The second kappa shape index (κ2) is 3.66. The quantitative estimate of drug-likeness (QED) is 0.296. The molecule has 2 atom stereocenters. The van der Waals surface area contributed by atoms with Crippen LogP contribution < -0.4 is 0 Å². The van der Waals surface area contributed by atoms with Crippen molar-refractivity contribution in [2.45, 2.75) is 43.5 Å². The van der Waals surface area contributed by atoms with Gasteiger partial charge in [-0.1, -0.05) is 12.7 Å². The first-order valence-electron chi connectivity index (χ1n) is 6.02. The summed E-state index contributed by atoms with van der Waals surface area (Å²) in [5, 5.41) is 0. The Balaban J connectivity index is 1.63. The molecule has 0 bridgehead atoms. The first kappa shape index (κ1) is 11.9. The number of hydrogen-bond donors (Lipinski definition) is 0. The number of carbonyl (C=O) groups is 1. The van der Waals surface area contributed by atoms with Gasteiger partial charge < -0.3 is 18.9 Å². The average Bonchev–Trinajstić information content (AvgIpc) is 3.15. The second-order valence-electron chi connectivity index (χ2n) is 4.98. The van der Waals surface area contributed by atoms with E-state index in [0.717, 1.165) is 6.61 Å². The van der Waals surface area contributed by atoms with Gasteiger partial charge in [0.05, 0.1) is 12.7 Å². The van der Waals surface area contributed by atoms with Crippen LogP contribution in [0.3, 0.4) is 0 Å². The van der Waals surface area contributed by atoms with Gasteiger partial charge in [-0.15, -0.1) is 6.58 Å². The van der Waals surface area contributed by atoms with Crippen molar-refractivity contribution in [1.82, 2.24) is 0 Å². The molecule has 0 saturated carbocycles. The molecule has 0 aliphatic carbocycles. The highest BCUT2D eigenvalue weighted by molar-refractivity contribution is 5.87. The molecule has 3 fully saturated rings. The average molecular weight is 252 g/mol. The number of esters is 1. The molecule has 3 saturated heterocycles. The Bertz CT molecular complexity index is 417. The summed E-state index contributed by atoms with van der Waals surface area (Å²) in [6, 6.07) is 0. The van der Waals surface area contributed by atoms with E-state index in [2.05, 4.69) is 13.2 Å². The van der Waals surface area contributed by atoms with Crippen molar-refractivity contribution in [3.8, 4) is 0 Å². The fourth-order valence-electron chi connectivity index (χ4n) is 2.20. The van der Waals surface area contributed by atoms with Crippen molar-refractivity contribution in [1.29, 1.82) is 0 Å². The molecule has 0 aromatic rings. The Hall–Kier alpha value is -1.17. The first-order chi connectivity index (χ1) is 8.53. The fourth-order valence-corrected chi connectivity index (χ4v) is 2.20. The molecular formula is C13H16O5. The zero-order valence-electron chi connectivity index (χ0n) is 10.3. The van der Waals surface area contributed by atoms with Crippen LogP contribution in [0.4, 0.5) is 0 Å². The Morgan fingerprint density at radius 3 is 2.78 bits per heavy atom. The van der Waals surface area contributed by atoms with Crippen molar-refractivity contribution in [2.24, 2.45) is 0 Å². The van der Waals surface area contributed by atoms with Gasteiger partial charge in [0.25, 0.3) is 5.79 Å². The van der Waals surface area contributed by atoms with Crippen molar-refractivity contribution in [3.05, 3.63) is 24.8 Å². The zero-order valence-corrected chi connectivity index (χ0v) is 10.3. The highest BCUT2D eigenvalue weighted by Gasteiger charge is 2.94. The van der Waals surface area contributed by atoms with Gasteiger partial charge in [0, 0.05) is 18.4 Å². The van der Waals surface area contributed by atoms with Crippen molar-refractivity contribution >= 4 is 5.97 Å². The first-order valence-corrected chi connectivity index (χ1v) is 6.02. The normalized spacial score (nSPS) is 40.4. The number of carbonyl (C=O) groups excluding carboxylic acids is 1. The van der Waals surface area contributed by atoms with Crippen LogP contribution >= 0.6 is 0 Å². The number of epoxide rings is 3. The Morgan fingerprint density at radius 1 is 1.61 bits per heavy atom. The molecule has 5 nitrogen and oxygen atoms in total. The van der Waals surface area contributed by atoms with E-state index in [0.29, 0.717) is 18.4 Å². The van der Waals surface area contributed by atoms with Crippen LogP contribution in [0.25, 0.3) is 0 Å². The van der Waals surface area contributed by atoms with Gasteiger partial charge in [-0.05, 0) is 6.92 Å². The smallest absolute Gasteiger partial charge is 0.333 e. The lowest BCUT2D eigenvalue weighted by Crippen LogP contribution is -2.28. The number of hydrogen-bond acceptors (Lipinski definition) is 5. The van der Waals surface area contributed by atoms with Crippen LogP contribution in [-0.4, -0.2) is 36.4 Å². The second-order valence-corrected chi connectivity index (χ2v) is 4.98. The third-order valence-electron chi connectivity index (χ3n) is 3.38. The maximum absolute atomic E-state index is 11.6. The van der Waals surface area contributed by atoms with Gasteiger partial charge in [0.15, 0.2) is 6.10 Å². The number of rotatable bonds is 7. The van der Waals surface area contributed by atoms with Crippen molar-refractivity contribution in [3.63, 3.8) is 0 Å². The van der Waals surface area contributed by atoms with E-state index in [1.807, 2.05) is 0 Å². The van der Waals surface area contributed by atoms with Gasteiger partial charge in [-0.2, -0.15) is 0 Å². The Morgan fingerprint density at radius 2 is 2.28 bits per heavy atom. The highest BCUT2D eigenvalue weighted by atomic mass is 17.1. The van der Waals surface area contributed by atoms with Crippen LogP contribution in [0.1, 0.15) is 19.8 Å². The maximum Gasteiger partial charge on any atom is 0.333 e. The lowest BCUT2D eigenvalue weighted by atomic mass is 10.1. The van der Waals surface area contributed by atoms with Crippen molar-refractivity contribution < 1.29 is 23.7 Å². The molecule has 5 heteroatoms. The minimum absolute atomic E-state index is 0.218. The molecule has 0 radical (unpaired) electrons. The topological polar surface area (TPSA) is 63.9 Å². The van der Waals surface area contributed by atoms with Gasteiger partial charge >= 0.3 is 5.97 Å². The van der Waals surface area contributed by atoms with E-state index < -0.39 is 23.6 Å². The minimum atomic E-state index is -0.766. The summed E-state index contributed by atoms with van der Waals surface area (Å²) < 4.78 is 21.6. The molecule has 0 amide bonds. The van der Waals surface area contributed by atoms with E-state index in [4.69, 9.17) is 18.9 Å². The molecule has 98 valence electrons. The van der Waals surface area contributed by atoms with E-state index in [1.165, 1.54) is 0 Å². The maximum atomic E-state index is 11.6. The molecule has 2 unspecified atom stereocenters. The summed E-state index contributed by atoms with van der Waals surface area (Å²) in [7, 11) is 0. The van der Waals surface area contributed by atoms with Crippen LogP contribution in [0.2, 0.25) is 0 Å². The number of ether oxygens (including phenoxy) is 4. The molecule has 3 aliphatic rings. The third-order valence-corrected chi connectivity index (χ3v) is 3.38. The minimum Gasteiger partial charge on any atom is -0.453 e. The van der Waals surface area contributed by atoms with Gasteiger partial charge in [-0.3, -0.25) is 0 Å². The van der Waals surface area contributed by atoms with Crippen LogP contribution in [-0.2, 0) is 23.7 Å². The molecule has 3 heterocycles. The third kappa shape index (κ3) is 1.70. The van der Waals surface area contributed by atoms with Crippen LogP contribution in [0, 0.1) is 0 Å². The molecule has 0 N–H and O–H groups in total. The highest BCUT2D eigenvalue weighted by Crippen LogP contribution is 2.73. The molecule has 0 aromatic heterocycles. The molecule has 3 rings (SSSR count). The van der Waals surface area contributed by atoms with E-state index in [1.54, 1.807) is 13.0 Å². The predicted octanol–water partition coefficient (Wildman–Crippen LogP) is 1.29. The summed E-state index contributed by atoms with van der Waals surface area (Å²) in [6.07, 6.45) is 2.64. The predicted molar refractivity (Wildman–Crippen MR) is 61.5 cm³/mol. The van der Waals surface area contributed by atoms with E-state index in [9.17, 15) is 4.79 Å². The summed E-state index contributed by atoms with van der Waals surface area (Å²) >= 11 is 0. The number of fused-ring (bicyclic) bond motifs is 1. The van der Waals surface area contributed by atoms with Crippen molar-refractivity contribution in [2.75, 3.05) is 6.61 Å². The fraction of sp³-hybridized carbons (Fsp3) is 0.615. The molecule has 3 aliphatic heterocycles.